The lowest BCUT2D eigenvalue weighted by Crippen LogP contribution is -2.46. The maximum absolute atomic E-state index is 12.2. The van der Waals surface area contributed by atoms with Crippen molar-refractivity contribution in [1.29, 1.82) is 0 Å². The molecule has 1 N–H and O–H groups in total. The van der Waals surface area contributed by atoms with Gasteiger partial charge >= 0.3 is 5.97 Å². The number of nitrogens with zero attached hydrogens (tertiary/aromatic N) is 1. The molecule has 120 valence electrons. The zero-order valence-electron chi connectivity index (χ0n) is 12.7. The predicted molar refractivity (Wildman–Crippen MR) is 83.2 cm³/mol. The second kappa shape index (κ2) is 7.01. The van der Waals surface area contributed by atoms with E-state index in [0.717, 1.165) is 5.56 Å². The summed E-state index contributed by atoms with van der Waals surface area (Å²) < 4.78 is 5.50. The Kier molecular flexibility index (Phi) is 5.29. The van der Waals surface area contributed by atoms with Gasteiger partial charge in [0, 0.05) is 18.1 Å². The molecule has 5 nitrogen and oxygen atoms in total. The van der Waals surface area contributed by atoms with Gasteiger partial charge in [-0.05, 0) is 43.0 Å². The average molecular weight is 326 g/mol. The Morgan fingerprint density at radius 3 is 2.77 bits per heavy atom. The molecular weight excluding hydrogens is 306 g/mol. The fourth-order valence-electron chi connectivity index (χ4n) is 2.68. The number of ether oxygens (including phenoxy) is 1. The van der Waals surface area contributed by atoms with E-state index in [4.69, 9.17) is 21.4 Å². The van der Waals surface area contributed by atoms with Crippen molar-refractivity contribution >= 4 is 23.5 Å². The van der Waals surface area contributed by atoms with E-state index in [1.54, 1.807) is 23.1 Å². The number of carbonyl (C=O) groups excluding carboxylic acids is 1. The highest BCUT2D eigenvalue weighted by Crippen LogP contribution is 2.24. The Labute approximate surface area is 134 Å². The predicted octanol–water partition coefficient (Wildman–Crippen LogP) is 2.60. The first-order chi connectivity index (χ1) is 10.4. The van der Waals surface area contributed by atoms with Crippen molar-refractivity contribution in [3.8, 4) is 5.75 Å². The molecule has 0 aliphatic carbocycles. The van der Waals surface area contributed by atoms with Crippen LogP contribution in [0.15, 0.2) is 18.2 Å². The summed E-state index contributed by atoms with van der Waals surface area (Å²) in [6.45, 7) is 4.60. The third-order valence-electron chi connectivity index (χ3n) is 4.07. The van der Waals surface area contributed by atoms with Crippen molar-refractivity contribution in [2.75, 3.05) is 19.7 Å². The number of amides is 1. The first-order valence-corrected chi connectivity index (χ1v) is 7.66. The molecule has 1 aromatic rings. The van der Waals surface area contributed by atoms with Gasteiger partial charge < -0.3 is 14.7 Å². The number of hydrogen-bond donors (Lipinski definition) is 1. The smallest absolute Gasteiger partial charge is 0.306 e. The Balaban J connectivity index is 1.88. The van der Waals surface area contributed by atoms with Crippen molar-refractivity contribution in [3.05, 3.63) is 28.8 Å². The highest BCUT2D eigenvalue weighted by molar-refractivity contribution is 6.31. The Morgan fingerprint density at radius 1 is 1.45 bits per heavy atom. The van der Waals surface area contributed by atoms with Gasteiger partial charge in [0.15, 0.2) is 6.61 Å². The van der Waals surface area contributed by atoms with Crippen LogP contribution in [0.5, 0.6) is 5.75 Å². The number of carbonyl (C=O) groups is 2. The summed E-state index contributed by atoms with van der Waals surface area (Å²) in [4.78, 5) is 24.9. The molecule has 2 unspecified atom stereocenters. The Hall–Kier alpha value is -1.75. The van der Waals surface area contributed by atoms with Crippen LogP contribution in [0, 0.1) is 18.8 Å². The lowest BCUT2D eigenvalue weighted by Gasteiger charge is -2.34. The molecule has 0 saturated carbocycles. The number of benzene rings is 1. The molecule has 1 heterocycles. The van der Waals surface area contributed by atoms with Gasteiger partial charge in [-0.25, -0.2) is 0 Å². The second-order valence-electron chi connectivity index (χ2n) is 5.75. The van der Waals surface area contributed by atoms with Gasteiger partial charge in [0.2, 0.25) is 0 Å². The number of rotatable bonds is 4. The number of carboxylic acids is 1. The third-order valence-corrected chi connectivity index (χ3v) is 4.49. The molecule has 0 aromatic heterocycles. The van der Waals surface area contributed by atoms with Crippen molar-refractivity contribution in [3.63, 3.8) is 0 Å². The van der Waals surface area contributed by atoms with Crippen LogP contribution in [-0.4, -0.2) is 41.6 Å². The maximum Gasteiger partial charge on any atom is 0.306 e. The zero-order chi connectivity index (χ0) is 16.3. The molecule has 6 heteroatoms. The van der Waals surface area contributed by atoms with Crippen LogP contribution in [0.1, 0.15) is 18.9 Å². The minimum atomic E-state index is -0.785. The Morgan fingerprint density at radius 2 is 2.18 bits per heavy atom. The van der Waals surface area contributed by atoms with Crippen LogP contribution in [0.2, 0.25) is 5.02 Å². The highest BCUT2D eigenvalue weighted by atomic mass is 35.5. The monoisotopic (exact) mass is 325 g/mol. The molecular formula is C16H20ClNO4. The number of likely N-dealkylation sites (tertiary alicyclic amines) is 1. The van der Waals surface area contributed by atoms with E-state index in [9.17, 15) is 9.59 Å². The first kappa shape index (κ1) is 16.6. The first-order valence-electron chi connectivity index (χ1n) is 7.28. The molecule has 2 atom stereocenters. The molecule has 1 aliphatic heterocycles. The maximum atomic E-state index is 12.2. The van der Waals surface area contributed by atoms with Crippen LogP contribution >= 0.6 is 11.6 Å². The van der Waals surface area contributed by atoms with E-state index in [-0.39, 0.29) is 24.3 Å². The quantitative estimate of drug-likeness (QED) is 0.924. The molecule has 0 spiro atoms. The van der Waals surface area contributed by atoms with Crippen LogP contribution in [0.4, 0.5) is 0 Å². The summed E-state index contributed by atoms with van der Waals surface area (Å²) in [5.74, 6) is -0.726. The zero-order valence-corrected chi connectivity index (χ0v) is 13.5. The lowest BCUT2D eigenvalue weighted by atomic mass is 9.87. The van der Waals surface area contributed by atoms with Crippen LogP contribution in [-0.2, 0) is 9.59 Å². The summed E-state index contributed by atoms with van der Waals surface area (Å²) in [6.07, 6.45) is 0.488. The largest absolute Gasteiger partial charge is 0.484 e. The summed E-state index contributed by atoms with van der Waals surface area (Å²) in [6, 6.07) is 5.24. The molecule has 1 amide bonds. The summed E-state index contributed by atoms with van der Waals surface area (Å²) in [7, 11) is 0. The van der Waals surface area contributed by atoms with Crippen molar-refractivity contribution in [2.45, 2.75) is 20.3 Å². The van der Waals surface area contributed by atoms with Gasteiger partial charge in [0.05, 0.1) is 5.92 Å². The molecule has 2 rings (SSSR count). The van der Waals surface area contributed by atoms with E-state index in [1.807, 2.05) is 13.8 Å². The van der Waals surface area contributed by atoms with E-state index in [1.165, 1.54) is 0 Å². The highest BCUT2D eigenvalue weighted by Gasteiger charge is 2.32. The molecule has 22 heavy (non-hydrogen) atoms. The number of aliphatic carboxylic acids is 1. The van der Waals surface area contributed by atoms with Gasteiger partial charge in [-0.3, -0.25) is 9.59 Å². The normalized spacial score (nSPS) is 21.5. The number of hydrogen-bond acceptors (Lipinski definition) is 3. The van der Waals surface area contributed by atoms with Gasteiger partial charge in [-0.2, -0.15) is 0 Å². The van der Waals surface area contributed by atoms with E-state index in [2.05, 4.69) is 0 Å². The van der Waals surface area contributed by atoms with Crippen molar-refractivity contribution in [1.82, 2.24) is 4.90 Å². The lowest BCUT2D eigenvalue weighted by molar-refractivity contribution is -0.148. The van der Waals surface area contributed by atoms with Crippen molar-refractivity contribution < 1.29 is 19.4 Å². The third kappa shape index (κ3) is 3.91. The fraction of sp³-hybridized carbons (Fsp3) is 0.500. The van der Waals surface area contributed by atoms with E-state index in [0.29, 0.717) is 30.3 Å². The molecule has 1 aliphatic rings. The Bertz CT molecular complexity index is 575. The van der Waals surface area contributed by atoms with Crippen LogP contribution in [0.3, 0.4) is 0 Å². The summed E-state index contributed by atoms with van der Waals surface area (Å²) in [5, 5.41) is 9.75. The second-order valence-corrected chi connectivity index (χ2v) is 6.16. The van der Waals surface area contributed by atoms with Gasteiger partial charge in [-0.15, -0.1) is 0 Å². The standard InChI is InChI=1S/C16H20ClNO4/c1-10-7-12(3-4-14(10)17)22-9-15(19)18-6-5-13(16(20)21)11(2)8-18/h3-4,7,11,13H,5-6,8-9H2,1-2H3,(H,20,21). The molecule has 0 radical (unpaired) electrons. The van der Waals surface area contributed by atoms with Crippen molar-refractivity contribution in [2.24, 2.45) is 11.8 Å². The molecule has 1 saturated heterocycles. The number of aryl methyl sites for hydroxylation is 1. The van der Waals surface area contributed by atoms with Crippen LogP contribution in [0.25, 0.3) is 0 Å². The number of carboxylic acid groups (broad SMARTS) is 1. The number of halogens is 1. The van der Waals surface area contributed by atoms with Gasteiger partial charge in [0.25, 0.3) is 5.91 Å². The molecule has 0 bridgehead atoms. The molecule has 1 fully saturated rings. The summed E-state index contributed by atoms with van der Waals surface area (Å²) >= 11 is 5.94. The van der Waals surface area contributed by atoms with Crippen LogP contribution < -0.4 is 4.74 Å². The minimum Gasteiger partial charge on any atom is -0.484 e. The minimum absolute atomic E-state index is 0.0482. The van der Waals surface area contributed by atoms with Gasteiger partial charge in [0.1, 0.15) is 5.75 Å². The average Bonchev–Trinajstić information content (AvgIpc) is 2.47. The van der Waals surface area contributed by atoms with Gasteiger partial charge in [-0.1, -0.05) is 18.5 Å². The fourth-order valence-corrected chi connectivity index (χ4v) is 2.80. The van der Waals surface area contributed by atoms with E-state index >= 15 is 0 Å². The topological polar surface area (TPSA) is 66.8 Å². The number of piperidine rings is 1. The summed E-state index contributed by atoms with van der Waals surface area (Å²) in [5.41, 5.74) is 0.891. The van der Waals surface area contributed by atoms with E-state index < -0.39 is 5.97 Å². The SMILES string of the molecule is Cc1cc(OCC(=O)N2CCC(C(=O)O)C(C)C2)ccc1Cl. The molecule has 1 aromatic carbocycles.